The molecule has 0 saturated carbocycles. The number of nitrogens with two attached hydrogens (primary N) is 1. The van der Waals surface area contributed by atoms with Crippen LogP contribution in [0.25, 0.3) is 0 Å². The van der Waals surface area contributed by atoms with Gasteiger partial charge in [0.05, 0.1) is 13.2 Å². The summed E-state index contributed by atoms with van der Waals surface area (Å²) in [6, 6.07) is 0. The average Bonchev–Trinajstić information content (AvgIpc) is 1.01. The van der Waals surface area contributed by atoms with Crippen LogP contribution >= 0.6 is 7.82 Å². The van der Waals surface area contributed by atoms with Crippen molar-refractivity contribution in [1.29, 1.82) is 0 Å². The van der Waals surface area contributed by atoms with Crippen molar-refractivity contribution < 1.29 is 37.6 Å². The van der Waals surface area contributed by atoms with Gasteiger partial charge in [-0.2, -0.15) is 0 Å². The number of phosphoric ester groups is 1. The Hall–Kier alpha value is -6.45. The molecule has 2 atom stereocenters. The summed E-state index contributed by atoms with van der Waals surface area (Å²) in [5, 5.41) is 0. The van der Waals surface area contributed by atoms with E-state index in [0.717, 1.165) is 193 Å². The summed E-state index contributed by atoms with van der Waals surface area (Å²) in [4.78, 5) is 35.4. The fraction of sp³-hybridized carbons (Fsp3) is 0.516. The molecule has 0 amide bonds. The van der Waals surface area contributed by atoms with Crippen molar-refractivity contribution in [3.8, 4) is 0 Å². The number of ether oxygens (including phenoxy) is 2. The maximum absolute atomic E-state index is 12.8. The second-order valence-electron chi connectivity index (χ2n) is 24.8. The van der Waals surface area contributed by atoms with E-state index in [1.165, 1.54) is 38.5 Å². The Balaban J connectivity index is 4.02. The third-order valence-corrected chi connectivity index (χ3v) is 16.4. The lowest BCUT2D eigenvalue weighted by atomic mass is 10.1. The first-order valence-corrected chi connectivity index (χ1v) is 40.7. The van der Waals surface area contributed by atoms with Gasteiger partial charge in [-0.05, 0) is 173 Å². The molecular formula is C91H140NO8P. The molecule has 0 heterocycles. The summed E-state index contributed by atoms with van der Waals surface area (Å²) in [5.41, 5.74) is 5.41. The van der Waals surface area contributed by atoms with Gasteiger partial charge in [0.25, 0.3) is 0 Å². The van der Waals surface area contributed by atoms with Crippen molar-refractivity contribution in [2.45, 2.75) is 277 Å². The number of allylic oxidation sites excluding steroid dienone is 42. The zero-order chi connectivity index (χ0) is 72.9. The van der Waals surface area contributed by atoms with Crippen LogP contribution in [0.3, 0.4) is 0 Å². The van der Waals surface area contributed by atoms with E-state index in [1.54, 1.807) is 0 Å². The molecule has 0 aromatic rings. The molecule has 0 saturated heterocycles. The molecule has 2 unspecified atom stereocenters. The predicted octanol–water partition coefficient (Wildman–Crippen LogP) is 26.9. The fourth-order valence-corrected chi connectivity index (χ4v) is 10.5. The molecule has 562 valence electrons. The summed E-state index contributed by atoms with van der Waals surface area (Å²) < 4.78 is 33.2. The highest BCUT2D eigenvalue weighted by atomic mass is 31.2. The van der Waals surface area contributed by atoms with Crippen LogP contribution in [0.5, 0.6) is 0 Å². The second-order valence-corrected chi connectivity index (χ2v) is 26.2. The third-order valence-electron chi connectivity index (χ3n) is 15.4. The van der Waals surface area contributed by atoms with Gasteiger partial charge in [-0.3, -0.25) is 18.6 Å². The van der Waals surface area contributed by atoms with Gasteiger partial charge < -0.3 is 20.1 Å². The van der Waals surface area contributed by atoms with E-state index < -0.39 is 32.5 Å². The van der Waals surface area contributed by atoms with Gasteiger partial charge >= 0.3 is 19.8 Å². The van der Waals surface area contributed by atoms with E-state index in [2.05, 4.69) is 269 Å². The van der Waals surface area contributed by atoms with Crippen LogP contribution in [0, 0.1) is 0 Å². The Morgan fingerprint density at radius 3 is 0.762 bits per heavy atom. The molecule has 0 bridgehead atoms. The van der Waals surface area contributed by atoms with Crippen LogP contribution in [0.15, 0.2) is 255 Å². The first-order valence-electron chi connectivity index (χ1n) is 39.2. The van der Waals surface area contributed by atoms with Gasteiger partial charge in [-0.15, -0.1) is 0 Å². The third kappa shape index (κ3) is 82.4. The van der Waals surface area contributed by atoms with Crippen LogP contribution in [0.1, 0.15) is 271 Å². The van der Waals surface area contributed by atoms with E-state index in [1.807, 2.05) is 0 Å². The normalized spacial score (nSPS) is 14.3. The zero-order valence-electron chi connectivity index (χ0n) is 63.3. The number of hydrogen-bond acceptors (Lipinski definition) is 8. The quantitative estimate of drug-likeness (QED) is 0.0264. The topological polar surface area (TPSA) is 134 Å². The van der Waals surface area contributed by atoms with E-state index >= 15 is 0 Å². The van der Waals surface area contributed by atoms with Crippen molar-refractivity contribution in [1.82, 2.24) is 0 Å². The van der Waals surface area contributed by atoms with Crippen molar-refractivity contribution in [3.63, 3.8) is 0 Å². The SMILES string of the molecule is CC/C=C\C/C=C\C/C=C\C/C=C\C/C=C\C/C=C\C/C=C\C/C=C\C/C=C\C/C=C\C/C=C\CCCCCCCC(=O)OC(COC(=O)CCCCCCCCCCCC/C=C\C/C=C\C/C=C\C/C=C\C/C=C\C/C=C\C/C=C\C/C=C\C/C=C\C/C=C\CC)COP(=O)(O)OCCN. The Kier molecular flexibility index (Phi) is 77.2. The van der Waals surface area contributed by atoms with Crippen LogP contribution in [0.4, 0.5) is 0 Å². The highest BCUT2D eigenvalue weighted by molar-refractivity contribution is 7.47. The number of phosphoric acid groups is 1. The largest absolute Gasteiger partial charge is 0.472 e. The lowest BCUT2D eigenvalue weighted by Crippen LogP contribution is -2.29. The van der Waals surface area contributed by atoms with E-state index in [4.69, 9.17) is 24.3 Å². The van der Waals surface area contributed by atoms with Crippen molar-refractivity contribution in [3.05, 3.63) is 255 Å². The molecule has 9 nitrogen and oxygen atoms in total. The lowest BCUT2D eigenvalue weighted by Gasteiger charge is -2.19. The summed E-state index contributed by atoms with van der Waals surface area (Å²) in [6.45, 7) is 3.46. The molecule has 0 spiro atoms. The van der Waals surface area contributed by atoms with Crippen molar-refractivity contribution in [2.75, 3.05) is 26.4 Å². The lowest BCUT2D eigenvalue weighted by molar-refractivity contribution is -0.161. The number of unbranched alkanes of at least 4 members (excludes halogenated alkanes) is 15. The van der Waals surface area contributed by atoms with Crippen LogP contribution in [-0.2, 0) is 32.7 Å². The van der Waals surface area contributed by atoms with Gasteiger partial charge in [-0.25, -0.2) is 4.57 Å². The Labute approximate surface area is 618 Å². The van der Waals surface area contributed by atoms with Gasteiger partial charge in [0.2, 0.25) is 0 Å². The molecule has 0 aliphatic rings. The number of rotatable bonds is 70. The summed E-state index contributed by atoms with van der Waals surface area (Å²) in [7, 11) is -4.42. The maximum Gasteiger partial charge on any atom is 0.472 e. The standard InChI is InChI=1S/C91H140NO8P/c1-3-5-7-9-11-13-15-17-19-21-23-25-27-29-31-33-35-37-39-41-43-44-46-47-49-51-53-55-57-59-61-63-65-67-69-71-73-75-77-79-81-83-90(93)97-87-89(88-99-101(95,96)98-86-85-92)100-91(94)84-82-80-78-76-74-72-70-68-66-64-62-60-58-56-54-52-50-48-45-42-40-38-36-34-32-30-28-26-24-22-20-18-16-14-12-10-8-6-4-2/h5-8,11-14,17-20,23-26,29-32,35-38,41-43,45-47,50-53,56-59,62,64,68,70,89H,3-4,9-10,15-16,21-22,27-28,33-34,39-40,44,48-49,54-55,60-61,63,65-67,69,71-88,92H2,1-2H3,(H,95,96)/b7-5-,8-6-,13-11-,14-12-,19-17-,20-18-,25-23-,26-24-,31-29-,32-30-,37-35-,38-36-,43-41-,45-42-,47-46-,52-50-,53-51-,58-56-,59-57-,64-62-,70-68-. The minimum Gasteiger partial charge on any atom is -0.462 e. The van der Waals surface area contributed by atoms with Gasteiger partial charge in [0.15, 0.2) is 6.10 Å². The summed E-state index contributed by atoms with van der Waals surface area (Å²) in [5.74, 6) is -0.872. The summed E-state index contributed by atoms with van der Waals surface area (Å²) in [6.07, 6.45) is 132. The smallest absolute Gasteiger partial charge is 0.462 e. The molecule has 3 N–H and O–H groups in total. The van der Waals surface area contributed by atoms with Crippen molar-refractivity contribution >= 4 is 19.8 Å². The predicted molar refractivity (Wildman–Crippen MR) is 440 cm³/mol. The average molecular weight is 1410 g/mol. The first-order chi connectivity index (χ1) is 49.8. The highest BCUT2D eigenvalue weighted by Gasteiger charge is 2.26. The van der Waals surface area contributed by atoms with Gasteiger partial charge in [0, 0.05) is 19.4 Å². The number of hydrogen-bond donors (Lipinski definition) is 2. The number of carbonyl (C=O) groups excluding carboxylic acids is 2. The number of carbonyl (C=O) groups is 2. The number of esters is 2. The minimum absolute atomic E-state index is 0.0364. The Morgan fingerprint density at radius 1 is 0.297 bits per heavy atom. The summed E-state index contributed by atoms with van der Waals surface area (Å²) >= 11 is 0. The molecular weight excluding hydrogens is 1270 g/mol. The van der Waals surface area contributed by atoms with Gasteiger partial charge in [0.1, 0.15) is 6.61 Å². The minimum atomic E-state index is -4.42. The zero-order valence-corrected chi connectivity index (χ0v) is 64.2. The fourth-order valence-electron chi connectivity index (χ4n) is 9.73. The Morgan fingerprint density at radius 2 is 0.515 bits per heavy atom. The van der Waals surface area contributed by atoms with Crippen LogP contribution in [-0.4, -0.2) is 49.3 Å². The molecule has 101 heavy (non-hydrogen) atoms. The van der Waals surface area contributed by atoms with E-state index in [9.17, 15) is 19.0 Å². The maximum atomic E-state index is 12.8. The molecule has 0 radical (unpaired) electrons. The van der Waals surface area contributed by atoms with E-state index in [-0.39, 0.29) is 32.6 Å². The van der Waals surface area contributed by atoms with Crippen LogP contribution in [0.2, 0.25) is 0 Å². The molecule has 0 aliphatic carbocycles. The van der Waals surface area contributed by atoms with Crippen LogP contribution < -0.4 is 5.73 Å². The second kappa shape index (κ2) is 82.5. The van der Waals surface area contributed by atoms with Gasteiger partial charge in [-0.1, -0.05) is 340 Å². The van der Waals surface area contributed by atoms with E-state index in [0.29, 0.717) is 12.8 Å². The molecule has 0 aromatic heterocycles. The first kappa shape index (κ1) is 94.6. The molecule has 10 heteroatoms. The Bertz CT molecular complexity index is 2620. The van der Waals surface area contributed by atoms with Crippen molar-refractivity contribution in [2.24, 2.45) is 5.73 Å². The molecule has 0 aromatic carbocycles. The molecule has 0 fully saturated rings. The molecule has 0 rings (SSSR count). The highest BCUT2D eigenvalue weighted by Crippen LogP contribution is 2.43. The molecule has 0 aliphatic heterocycles. The monoisotopic (exact) mass is 1410 g/mol.